The van der Waals surface area contributed by atoms with E-state index in [-0.39, 0.29) is 11.8 Å². The van der Waals surface area contributed by atoms with Gasteiger partial charge in [0.15, 0.2) is 0 Å². The molecule has 8 aromatic rings. The molecule has 4 aromatic carbocycles. The number of hydrogen-bond acceptors (Lipinski definition) is 6. The lowest BCUT2D eigenvalue weighted by Gasteiger charge is -2.39. The van der Waals surface area contributed by atoms with E-state index in [4.69, 9.17) is 19.2 Å². The minimum absolute atomic E-state index is 0.309. The second-order valence-electron chi connectivity index (χ2n) is 22.7. The molecule has 0 aliphatic rings. The average Bonchev–Trinajstić information content (AvgIpc) is 3.05. The van der Waals surface area contributed by atoms with Crippen molar-refractivity contribution in [2.75, 3.05) is 73.6 Å². The van der Waals surface area contributed by atoms with Gasteiger partial charge in [0.05, 0.1) is 105 Å². The quantitative estimate of drug-likeness (QED) is 0.0156. The molecule has 9 N–H and O–H groups in total. The zero-order valence-corrected chi connectivity index (χ0v) is 53.0. The van der Waals surface area contributed by atoms with Crippen LogP contribution in [-0.4, -0.2) is 104 Å². The van der Waals surface area contributed by atoms with E-state index in [0.29, 0.717) is 45.2 Å². The number of fused-ring (bicyclic) bond motifs is 4. The van der Waals surface area contributed by atoms with Gasteiger partial charge in [-0.1, -0.05) is 155 Å². The molecule has 0 atom stereocenters. The van der Waals surface area contributed by atoms with Gasteiger partial charge in [-0.05, 0) is 99.9 Å². The minimum atomic E-state index is -5.14. The fourth-order valence-corrected chi connectivity index (χ4v) is 11.1. The van der Waals surface area contributed by atoms with Crippen LogP contribution in [-0.2, 0) is 4.57 Å². The van der Waals surface area contributed by atoms with Crippen LogP contribution in [0.2, 0.25) is 0 Å². The first kappa shape index (κ1) is 69.1. The van der Waals surface area contributed by atoms with Gasteiger partial charge < -0.3 is 69.4 Å². The number of unbranched alkanes of at least 4 members (excludes halogenated alkanes) is 8. The lowest BCUT2D eigenvalue weighted by Crippen LogP contribution is -2.50. The number of H-pyrrole nitrogens is 4. The van der Waals surface area contributed by atoms with Crippen LogP contribution >= 0.6 is 7.82 Å². The summed E-state index contributed by atoms with van der Waals surface area (Å²) in [5.74, 6) is -0.618. The Hall–Kier alpha value is -6.72. The topological polar surface area (TPSA) is 246 Å². The van der Waals surface area contributed by atoms with E-state index in [9.17, 15) is 14.4 Å². The first-order valence-corrected chi connectivity index (χ1v) is 33.0. The van der Waals surface area contributed by atoms with Gasteiger partial charge in [0.1, 0.15) is 11.4 Å². The Morgan fingerprint density at radius 3 is 0.941 bits per heavy atom. The molecule has 17 nitrogen and oxygen atoms in total. The molecule has 8 rings (SSSR count). The highest BCUT2D eigenvalue weighted by Crippen LogP contribution is 2.29. The SMILES string of the molecule is CCCC[N+](CCCC)(CCCC)CCCC.CCCC[N+](CCCC)(CCCC)CCCC.O=C(Nc1cccc2cc(C(=O)Nc3cccc4cc[nH]c34)[nH]c12)Nc1cccc2cc(C(=O)Nc3cccc4cc[nH]c34)[nH]c12.O=P([O-])([O-])O. The zero-order chi connectivity index (χ0) is 61.7. The maximum Gasteiger partial charge on any atom is 0.323 e. The summed E-state index contributed by atoms with van der Waals surface area (Å²) < 4.78 is 11.5. The highest BCUT2D eigenvalue weighted by Gasteiger charge is 2.26. The van der Waals surface area contributed by atoms with Crippen molar-refractivity contribution in [3.8, 4) is 0 Å². The van der Waals surface area contributed by atoms with Crippen LogP contribution in [0.25, 0.3) is 43.6 Å². The van der Waals surface area contributed by atoms with Crippen LogP contribution in [0.4, 0.5) is 27.5 Å². The molecule has 0 spiro atoms. The lowest BCUT2D eigenvalue weighted by molar-refractivity contribution is -0.929. The van der Waals surface area contributed by atoms with Gasteiger partial charge in [0.25, 0.3) is 11.8 Å². The molecular weight excluding hydrogens is 1090 g/mol. The lowest BCUT2D eigenvalue weighted by atomic mass is 10.1. The van der Waals surface area contributed by atoms with Crippen molar-refractivity contribution in [3.63, 3.8) is 0 Å². The van der Waals surface area contributed by atoms with Gasteiger partial charge in [-0.25, -0.2) is 4.79 Å². The molecule has 4 aromatic heterocycles. The highest BCUT2D eigenvalue weighted by atomic mass is 31.2. The van der Waals surface area contributed by atoms with Crippen LogP contribution in [0.3, 0.4) is 0 Å². The van der Waals surface area contributed by atoms with Crippen LogP contribution < -0.4 is 31.1 Å². The standard InChI is InChI=1S/C35H26N8O3.2C16H36N.H3O4P/c44-33(40-23-9-1-5-19-13-15-36-29(19)23)27-17-21-7-3-11-25(31(21)38-27)42-35(46)43-26-12-4-8-22-18-28(39-32(22)26)34(45)41-24-10-2-6-20-14-16-37-30(20)24;2*1-5-9-13-17(14-10-6-2,15-11-7-3)16-12-8-4;1-5(2,3)4/h1-18,36-39H,(H,40,44)(H,41,45)(H2,42,43,46);2*5-16H2,1-4H3;(H3,1,2,3,4)/q;2*+1;/p-2. The Morgan fingerprint density at radius 1 is 0.412 bits per heavy atom. The average molecular weight is 1190 g/mol. The maximum absolute atomic E-state index is 13.2. The predicted octanol–water partition coefficient (Wildman–Crippen LogP) is 15.6. The molecule has 4 amide bonds. The van der Waals surface area contributed by atoms with E-state index in [1.54, 1.807) is 36.4 Å². The first-order chi connectivity index (χ1) is 41.0. The number of benzene rings is 4. The predicted molar refractivity (Wildman–Crippen MR) is 350 cm³/mol. The number of aromatic nitrogens is 4. The molecule has 18 heteroatoms. The Bertz CT molecular complexity index is 3030. The molecule has 0 aliphatic heterocycles. The normalized spacial score (nSPS) is 11.6. The third kappa shape index (κ3) is 21.9. The van der Waals surface area contributed by atoms with Crippen molar-refractivity contribution in [2.45, 2.75) is 158 Å². The second-order valence-corrected chi connectivity index (χ2v) is 23.6. The largest absolute Gasteiger partial charge is 0.790 e. The van der Waals surface area contributed by atoms with Gasteiger partial charge in [-0.3, -0.25) is 9.59 Å². The van der Waals surface area contributed by atoms with Gasteiger partial charge in [-0.2, -0.15) is 0 Å². The van der Waals surface area contributed by atoms with E-state index >= 15 is 0 Å². The number of phosphoric acid groups is 1. The monoisotopic (exact) mass is 1190 g/mol. The fraction of sp³-hybridized carbons (Fsp3) is 0.478. The van der Waals surface area contributed by atoms with Crippen molar-refractivity contribution in [2.24, 2.45) is 0 Å². The molecule has 4 heterocycles. The number of urea groups is 1. The maximum atomic E-state index is 13.2. The van der Waals surface area contributed by atoms with E-state index in [0.717, 1.165) is 32.6 Å². The Labute approximate surface area is 505 Å². The van der Waals surface area contributed by atoms with Gasteiger partial charge in [0, 0.05) is 33.9 Å². The van der Waals surface area contributed by atoms with E-state index < -0.39 is 13.9 Å². The van der Waals surface area contributed by atoms with Crippen LogP contribution in [0.1, 0.15) is 179 Å². The van der Waals surface area contributed by atoms with Crippen molar-refractivity contribution in [3.05, 3.63) is 121 Å². The van der Waals surface area contributed by atoms with Crippen molar-refractivity contribution < 1.29 is 42.6 Å². The molecule has 0 bridgehead atoms. The first-order valence-electron chi connectivity index (χ1n) is 31.5. The van der Waals surface area contributed by atoms with E-state index in [1.807, 2.05) is 73.1 Å². The summed E-state index contributed by atoms with van der Waals surface area (Å²) in [6.45, 7) is 30.0. The molecule has 0 radical (unpaired) electrons. The number of rotatable bonds is 30. The third-order valence-corrected chi connectivity index (χ3v) is 15.9. The zero-order valence-electron chi connectivity index (χ0n) is 52.1. The molecule has 0 unspecified atom stereocenters. The number of aromatic amines is 4. The fourth-order valence-electron chi connectivity index (χ4n) is 11.1. The van der Waals surface area contributed by atoms with E-state index in [2.05, 4.69) is 96.6 Å². The van der Waals surface area contributed by atoms with Crippen LogP contribution in [0.5, 0.6) is 0 Å². The summed E-state index contributed by atoms with van der Waals surface area (Å²) in [6, 6.07) is 29.1. The highest BCUT2D eigenvalue weighted by molar-refractivity contribution is 7.42. The van der Waals surface area contributed by atoms with Crippen molar-refractivity contribution in [1.29, 1.82) is 0 Å². The number of carbonyl (C=O) groups excluding carboxylic acids is 3. The minimum Gasteiger partial charge on any atom is -0.790 e. The summed E-state index contributed by atoms with van der Waals surface area (Å²) in [4.78, 5) is 76.4. The Balaban J connectivity index is 0.000000279. The van der Waals surface area contributed by atoms with Gasteiger partial charge in [0.2, 0.25) is 0 Å². The molecule has 464 valence electrons. The van der Waals surface area contributed by atoms with Crippen molar-refractivity contribution in [1.82, 2.24) is 19.9 Å². The van der Waals surface area contributed by atoms with Gasteiger partial charge >= 0.3 is 6.03 Å². The number of para-hydroxylation sites is 4. The molecule has 0 fully saturated rings. The van der Waals surface area contributed by atoms with Crippen LogP contribution in [0, 0.1) is 0 Å². The molecule has 0 saturated carbocycles. The molecule has 85 heavy (non-hydrogen) atoms. The number of amides is 4. The third-order valence-electron chi connectivity index (χ3n) is 15.9. The molecule has 0 aliphatic carbocycles. The van der Waals surface area contributed by atoms with Gasteiger partial charge in [-0.15, -0.1) is 0 Å². The van der Waals surface area contributed by atoms with E-state index in [1.165, 1.54) is 164 Å². The number of anilines is 4. The summed E-state index contributed by atoms with van der Waals surface area (Å²) in [5, 5.41) is 15.2. The summed E-state index contributed by atoms with van der Waals surface area (Å²) >= 11 is 0. The Kier molecular flexibility index (Phi) is 29.0. The van der Waals surface area contributed by atoms with Crippen molar-refractivity contribution >= 4 is 92.0 Å². The number of nitrogens with zero attached hydrogens (tertiary/aromatic N) is 2. The van der Waals surface area contributed by atoms with Crippen LogP contribution in [0.15, 0.2) is 109 Å². The number of nitrogens with one attached hydrogen (secondary N) is 8. The number of quaternary nitrogens is 2. The summed E-state index contributed by atoms with van der Waals surface area (Å²) in [7, 11) is -5.14. The molecule has 0 saturated heterocycles. The second kappa shape index (κ2) is 35.7. The summed E-state index contributed by atoms with van der Waals surface area (Å²) in [5.41, 5.74) is 5.92. The number of carbonyl (C=O) groups is 3. The summed E-state index contributed by atoms with van der Waals surface area (Å²) in [6.07, 6.45) is 25.8. The number of hydrogen-bond donors (Lipinski definition) is 9. The smallest absolute Gasteiger partial charge is 0.323 e. The molecular formula is C67H99N10O7P. The Morgan fingerprint density at radius 2 is 0.671 bits per heavy atom.